The van der Waals surface area contributed by atoms with E-state index in [4.69, 9.17) is 23.4 Å². The third-order valence-electron chi connectivity index (χ3n) is 6.11. The Hall–Kier alpha value is -4.18. The van der Waals surface area contributed by atoms with Crippen LogP contribution < -0.4 is 4.74 Å². The first kappa shape index (κ1) is 26.4. The highest BCUT2D eigenvalue weighted by Crippen LogP contribution is 2.34. The Bertz CT molecular complexity index is 1420. The van der Waals surface area contributed by atoms with Crippen LogP contribution in [0.25, 0.3) is 11.3 Å². The summed E-state index contributed by atoms with van der Waals surface area (Å²) in [5, 5.41) is 15.6. The average molecular weight is 532 g/mol. The fourth-order valence-corrected chi connectivity index (χ4v) is 4.34. The topological polar surface area (TPSA) is 86.0 Å². The zero-order chi connectivity index (χ0) is 27.0. The molecule has 1 N–H and O–H groups in total. The van der Waals surface area contributed by atoms with Gasteiger partial charge in [-0.2, -0.15) is 5.10 Å². The van der Waals surface area contributed by atoms with Gasteiger partial charge in [-0.1, -0.05) is 30.3 Å². The molecule has 0 amide bonds. The van der Waals surface area contributed by atoms with Crippen LogP contribution in [0, 0.1) is 5.82 Å². The standard InChI is InChI=1S/C30H30FN3O5/c1-33-30(39-25-13-11-23(31)12-14-25)28(29(32-33)22-7-3-2-4-8-22)19-34(18-26-9-5-15-37-26)17-24(35)20-36-21-27-10-6-16-38-27/h2-16,24,35H,17-21H2,1H3/t24-/m0/s1. The van der Waals surface area contributed by atoms with Crippen molar-refractivity contribution in [2.75, 3.05) is 13.2 Å². The largest absolute Gasteiger partial charge is 0.468 e. The molecule has 0 spiro atoms. The second kappa shape index (κ2) is 12.6. The first-order valence-corrected chi connectivity index (χ1v) is 12.6. The molecule has 3 aromatic heterocycles. The van der Waals surface area contributed by atoms with Crippen LogP contribution in [0.2, 0.25) is 0 Å². The predicted molar refractivity (Wildman–Crippen MR) is 142 cm³/mol. The predicted octanol–water partition coefficient (Wildman–Crippen LogP) is 5.78. The summed E-state index contributed by atoms with van der Waals surface area (Å²) in [4.78, 5) is 2.06. The molecule has 0 aliphatic heterocycles. The van der Waals surface area contributed by atoms with Crippen LogP contribution in [-0.2, 0) is 31.5 Å². The molecular formula is C30H30FN3O5. The number of aliphatic hydroxyl groups is 1. The summed E-state index contributed by atoms with van der Waals surface area (Å²) in [6.45, 7) is 1.55. The molecular weight excluding hydrogens is 501 g/mol. The zero-order valence-electron chi connectivity index (χ0n) is 21.6. The summed E-state index contributed by atoms with van der Waals surface area (Å²) in [5.41, 5.74) is 2.50. The van der Waals surface area contributed by atoms with Crippen molar-refractivity contribution < 1.29 is 27.8 Å². The Balaban J connectivity index is 1.41. The van der Waals surface area contributed by atoms with E-state index in [-0.39, 0.29) is 19.0 Å². The number of rotatable bonds is 13. The number of nitrogens with zero attached hydrogens (tertiary/aromatic N) is 3. The van der Waals surface area contributed by atoms with E-state index >= 15 is 0 Å². The molecule has 0 fully saturated rings. The van der Waals surface area contributed by atoms with Crippen LogP contribution in [-0.4, -0.2) is 39.0 Å². The van der Waals surface area contributed by atoms with Gasteiger partial charge in [-0.15, -0.1) is 0 Å². The Morgan fingerprint density at radius 3 is 2.33 bits per heavy atom. The number of ether oxygens (including phenoxy) is 2. The molecule has 0 aliphatic carbocycles. The smallest absolute Gasteiger partial charge is 0.222 e. The first-order valence-electron chi connectivity index (χ1n) is 12.6. The van der Waals surface area contributed by atoms with Gasteiger partial charge in [0.05, 0.1) is 37.3 Å². The Morgan fingerprint density at radius 2 is 1.64 bits per heavy atom. The van der Waals surface area contributed by atoms with Crippen molar-refractivity contribution in [2.45, 2.75) is 25.8 Å². The third kappa shape index (κ3) is 7.02. The van der Waals surface area contributed by atoms with Gasteiger partial charge in [-0.05, 0) is 48.5 Å². The van der Waals surface area contributed by atoms with Gasteiger partial charge >= 0.3 is 0 Å². The molecule has 2 aromatic carbocycles. The Morgan fingerprint density at radius 1 is 0.923 bits per heavy atom. The van der Waals surface area contributed by atoms with Crippen LogP contribution in [0.5, 0.6) is 11.6 Å². The summed E-state index contributed by atoms with van der Waals surface area (Å²) in [5.74, 6) is 2.12. The molecule has 3 heterocycles. The first-order chi connectivity index (χ1) is 19.0. The maximum absolute atomic E-state index is 13.5. The fourth-order valence-electron chi connectivity index (χ4n) is 4.34. The summed E-state index contributed by atoms with van der Waals surface area (Å²) in [6.07, 6.45) is 2.44. The third-order valence-corrected chi connectivity index (χ3v) is 6.11. The molecule has 1 atom stereocenters. The second-order valence-electron chi connectivity index (χ2n) is 9.18. The van der Waals surface area contributed by atoms with E-state index in [0.29, 0.717) is 37.0 Å². The molecule has 0 radical (unpaired) electrons. The van der Waals surface area contributed by atoms with Gasteiger partial charge < -0.3 is 23.4 Å². The van der Waals surface area contributed by atoms with E-state index < -0.39 is 6.10 Å². The van der Waals surface area contributed by atoms with Crippen LogP contribution in [0.15, 0.2) is 100 Å². The van der Waals surface area contributed by atoms with Gasteiger partial charge in [0, 0.05) is 25.7 Å². The van der Waals surface area contributed by atoms with E-state index in [9.17, 15) is 9.50 Å². The molecule has 0 aliphatic rings. The van der Waals surface area contributed by atoms with E-state index in [1.165, 1.54) is 12.1 Å². The van der Waals surface area contributed by atoms with Crippen molar-refractivity contribution in [2.24, 2.45) is 7.05 Å². The van der Waals surface area contributed by atoms with E-state index in [1.807, 2.05) is 55.6 Å². The quantitative estimate of drug-likeness (QED) is 0.206. The monoisotopic (exact) mass is 531 g/mol. The molecule has 0 bridgehead atoms. The highest BCUT2D eigenvalue weighted by atomic mass is 19.1. The molecule has 5 rings (SSSR count). The SMILES string of the molecule is Cn1nc(-c2ccccc2)c(CN(Cc2ccco2)C[C@H](O)COCc2ccco2)c1Oc1ccc(F)cc1. The van der Waals surface area contributed by atoms with Crippen molar-refractivity contribution in [1.29, 1.82) is 0 Å². The van der Waals surface area contributed by atoms with Crippen molar-refractivity contribution in [3.05, 3.63) is 114 Å². The van der Waals surface area contributed by atoms with Gasteiger partial charge in [0.2, 0.25) is 5.88 Å². The number of halogens is 1. The molecule has 5 aromatic rings. The number of benzene rings is 2. The number of aryl methyl sites for hydroxylation is 1. The second-order valence-corrected chi connectivity index (χ2v) is 9.18. The number of aliphatic hydroxyl groups excluding tert-OH is 1. The minimum absolute atomic E-state index is 0.132. The number of furan rings is 2. The molecule has 9 heteroatoms. The summed E-state index contributed by atoms with van der Waals surface area (Å²) in [7, 11) is 1.81. The molecule has 202 valence electrons. The highest BCUT2D eigenvalue weighted by molar-refractivity contribution is 5.65. The average Bonchev–Trinajstić information content (AvgIpc) is 3.70. The lowest BCUT2D eigenvalue weighted by atomic mass is 10.1. The fraction of sp³-hybridized carbons (Fsp3) is 0.233. The van der Waals surface area contributed by atoms with Crippen LogP contribution in [0.3, 0.4) is 0 Å². The molecule has 39 heavy (non-hydrogen) atoms. The van der Waals surface area contributed by atoms with E-state index in [2.05, 4.69) is 4.90 Å². The van der Waals surface area contributed by atoms with Crippen LogP contribution in [0.1, 0.15) is 17.1 Å². The van der Waals surface area contributed by atoms with Gasteiger partial charge in [0.15, 0.2) is 0 Å². The minimum Gasteiger partial charge on any atom is -0.468 e. The maximum atomic E-state index is 13.5. The van der Waals surface area contributed by atoms with E-state index in [1.54, 1.807) is 35.4 Å². The zero-order valence-corrected chi connectivity index (χ0v) is 21.6. The number of hydrogen-bond acceptors (Lipinski definition) is 7. The molecule has 0 saturated carbocycles. The van der Waals surface area contributed by atoms with Gasteiger partial charge in [-0.3, -0.25) is 4.90 Å². The van der Waals surface area contributed by atoms with E-state index in [0.717, 1.165) is 22.6 Å². The van der Waals surface area contributed by atoms with Gasteiger partial charge in [0.1, 0.15) is 35.4 Å². The lowest BCUT2D eigenvalue weighted by Crippen LogP contribution is -2.34. The Labute approximate surface area is 225 Å². The molecule has 8 nitrogen and oxygen atoms in total. The lowest BCUT2D eigenvalue weighted by Gasteiger charge is -2.25. The normalized spacial score (nSPS) is 12.2. The maximum Gasteiger partial charge on any atom is 0.222 e. The van der Waals surface area contributed by atoms with Crippen molar-refractivity contribution in [3.8, 4) is 22.9 Å². The summed E-state index contributed by atoms with van der Waals surface area (Å²) >= 11 is 0. The number of aromatic nitrogens is 2. The highest BCUT2D eigenvalue weighted by Gasteiger charge is 2.24. The van der Waals surface area contributed by atoms with Crippen LogP contribution in [0.4, 0.5) is 4.39 Å². The van der Waals surface area contributed by atoms with Crippen molar-refractivity contribution in [1.82, 2.24) is 14.7 Å². The lowest BCUT2D eigenvalue weighted by molar-refractivity contribution is 0.00156. The van der Waals surface area contributed by atoms with Gasteiger partial charge in [0.25, 0.3) is 0 Å². The summed E-state index contributed by atoms with van der Waals surface area (Å²) in [6, 6.07) is 23.0. The molecule has 0 unspecified atom stereocenters. The minimum atomic E-state index is -0.770. The van der Waals surface area contributed by atoms with Crippen molar-refractivity contribution >= 4 is 0 Å². The summed E-state index contributed by atoms with van der Waals surface area (Å²) < 4.78 is 38.0. The van der Waals surface area contributed by atoms with Gasteiger partial charge in [-0.25, -0.2) is 9.07 Å². The van der Waals surface area contributed by atoms with Crippen molar-refractivity contribution in [3.63, 3.8) is 0 Å². The number of hydrogen-bond donors (Lipinski definition) is 1. The molecule has 0 saturated heterocycles. The Kier molecular flexibility index (Phi) is 8.52. The van der Waals surface area contributed by atoms with Crippen LogP contribution >= 0.6 is 0 Å².